The van der Waals surface area contributed by atoms with Crippen molar-refractivity contribution in [1.82, 2.24) is 0 Å². The standard InChI is InChI=1S/C15H11BrCl3NO/c16-10-5-12(18)14(13(19)6-10)20-7-9-4-11(17)3-8-1-2-21-15(8)9/h3-6,20H,1-2,7H2. The Hall–Kier alpha value is -0.610. The Morgan fingerprint density at radius 3 is 2.52 bits per heavy atom. The first-order valence-electron chi connectivity index (χ1n) is 6.37. The molecule has 0 radical (unpaired) electrons. The number of ether oxygens (including phenoxy) is 1. The highest BCUT2D eigenvalue weighted by Gasteiger charge is 2.18. The van der Waals surface area contributed by atoms with Gasteiger partial charge in [0.1, 0.15) is 5.75 Å². The summed E-state index contributed by atoms with van der Waals surface area (Å²) in [6.45, 7) is 1.24. The number of hydrogen-bond acceptors (Lipinski definition) is 2. The zero-order valence-electron chi connectivity index (χ0n) is 10.9. The third kappa shape index (κ3) is 3.26. The molecule has 0 saturated heterocycles. The van der Waals surface area contributed by atoms with E-state index in [9.17, 15) is 0 Å². The Labute approximate surface area is 146 Å². The predicted molar refractivity (Wildman–Crippen MR) is 92.1 cm³/mol. The summed E-state index contributed by atoms with van der Waals surface area (Å²) in [4.78, 5) is 0. The molecule has 0 saturated carbocycles. The third-order valence-electron chi connectivity index (χ3n) is 3.29. The second-order valence-corrected chi connectivity index (χ2v) is 6.92. The van der Waals surface area contributed by atoms with Gasteiger partial charge in [-0.05, 0) is 29.8 Å². The van der Waals surface area contributed by atoms with Crippen molar-refractivity contribution in [3.8, 4) is 5.75 Å². The van der Waals surface area contributed by atoms with Crippen LogP contribution < -0.4 is 10.1 Å². The van der Waals surface area contributed by atoms with E-state index < -0.39 is 0 Å². The second-order valence-electron chi connectivity index (χ2n) is 4.75. The number of hydrogen-bond donors (Lipinski definition) is 1. The smallest absolute Gasteiger partial charge is 0.127 e. The summed E-state index contributed by atoms with van der Waals surface area (Å²) in [5, 5.41) is 5.10. The summed E-state index contributed by atoms with van der Waals surface area (Å²) in [6, 6.07) is 7.45. The topological polar surface area (TPSA) is 21.3 Å². The lowest BCUT2D eigenvalue weighted by Gasteiger charge is -2.13. The van der Waals surface area contributed by atoms with E-state index in [4.69, 9.17) is 39.5 Å². The highest BCUT2D eigenvalue weighted by molar-refractivity contribution is 9.10. The molecule has 110 valence electrons. The van der Waals surface area contributed by atoms with Gasteiger partial charge in [0, 0.05) is 28.0 Å². The minimum Gasteiger partial charge on any atom is -0.493 e. The average molecular weight is 408 g/mol. The van der Waals surface area contributed by atoms with E-state index in [0.29, 0.717) is 33.9 Å². The molecular formula is C15H11BrCl3NO. The quantitative estimate of drug-likeness (QED) is 0.678. The molecule has 0 spiro atoms. The predicted octanol–water partition coefficient (Wildman–Crippen LogP) is 5.96. The first-order valence-corrected chi connectivity index (χ1v) is 8.30. The zero-order chi connectivity index (χ0) is 15.0. The van der Waals surface area contributed by atoms with Crippen molar-refractivity contribution in [3.05, 3.63) is 54.9 Å². The summed E-state index contributed by atoms with van der Waals surface area (Å²) >= 11 is 21.9. The summed E-state index contributed by atoms with van der Waals surface area (Å²) in [6.07, 6.45) is 0.892. The fraction of sp³-hybridized carbons (Fsp3) is 0.200. The van der Waals surface area contributed by atoms with Gasteiger partial charge in [0.25, 0.3) is 0 Å². The van der Waals surface area contributed by atoms with Crippen LogP contribution in [0.15, 0.2) is 28.7 Å². The number of benzene rings is 2. The molecule has 2 nitrogen and oxygen atoms in total. The van der Waals surface area contributed by atoms with Crippen LogP contribution in [0.4, 0.5) is 5.69 Å². The largest absolute Gasteiger partial charge is 0.493 e. The number of fused-ring (bicyclic) bond motifs is 1. The molecule has 0 aromatic heterocycles. The van der Waals surface area contributed by atoms with Gasteiger partial charge in [-0.1, -0.05) is 50.7 Å². The van der Waals surface area contributed by atoms with E-state index >= 15 is 0 Å². The van der Waals surface area contributed by atoms with E-state index in [1.807, 2.05) is 12.1 Å². The van der Waals surface area contributed by atoms with Crippen LogP contribution in [0.2, 0.25) is 15.1 Å². The van der Waals surface area contributed by atoms with Gasteiger partial charge in [0.2, 0.25) is 0 Å². The lowest BCUT2D eigenvalue weighted by molar-refractivity contribution is 0.354. The van der Waals surface area contributed by atoms with Crippen LogP contribution in [-0.2, 0) is 13.0 Å². The monoisotopic (exact) mass is 405 g/mol. The van der Waals surface area contributed by atoms with Crippen molar-refractivity contribution in [3.63, 3.8) is 0 Å². The molecule has 0 atom stereocenters. The van der Waals surface area contributed by atoms with Crippen molar-refractivity contribution >= 4 is 56.4 Å². The molecule has 0 aliphatic carbocycles. The first kappa shape index (κ1) is 15.3. The van der Waals surface area contributed by atoms with Crippen molar-refractivity contribution in [1.29, 1.82) is 0 Å². The van der Waals surface area contributed by atoms with E-state index in [2.05, 4.69) is 21.2 Å². The molecule has 1 aliphatic rings. The maximum atomic E-state index is 6.22. The summed E-state index contributed by atoms with van der Waals surface area (Å²) in [5.74, 6) is 0.913. The molecule has 2 aromatic carbocycles. The van der Waals surface area contributed by atoms with E-state index in [0.717, 1.165) is 27.8 Å². The Bertz CT molecular complexity index is 683. The van der Waals surface area contributed by atoms with Crippen LogP contribution in [0.25, 0.3) is 0 Å². The minimum atomic E-state index is 0.546. The van der Waals surface area contributed by atoms with Crippen molar-refractivity contribution < 1.29 is 4.74 Å². The van der Waals surface area contributed by atoms with Gasteiger partial charge in [-0.15, -0.1) is 0 Å². The minimum absolute atomic E-state index is 0.546. The Morgan fingerprint density at radius 2 is 1.81 bits per heavy atom. The van der Waals surface area contributed by atoms with E-state index in [-0.39, 0.29) is 0 Å². The Kier molecular flexibility index (Phi) is 4.55. The number of anilines is 1. The molecule has 0 fully saturated rings. The van der Waals surface area contributed by atoms with Crippen LogP contribution in [0, 0.1) is 0 Å². The van der Waals surface area contributed by atoms with Gasteiger partial charge in [-0.2, -0.15) is 0 Å². The highest BCUT2D eigenvalue weighted by Crippen LogP contribution is 2.36. The number of halogens is 4. The van der Waals surface area contributed by atoms with Gasteiger partial charge >= 0.3 is 0 Å². The summed E-state index contributed by atoms with van der Waals surface area (Å²) in [5.41, 5.74) is 2.85. The van der Waals surface area contributed by atoms with Gasteiger partial charge in [0.15, 0.2) is 0 Å². The number of rotatable bonds is 3. The molecule has 1 heterocycles. The van der Waals surface area contributed by atoms with Crippen LogP contribution in [0.3, 0.4) is 0 Å². The molecule has 1 N–H and O–H groups in total. The molecule has 2 aromatic rings. The maximum Gasteiger partial charge on any atom is 0.127 e. The lowest BCUT2D eigenvalue weighted by Crippen LogP contribution is -2.03. The molecule has 0 unspecified atom stereocenters. The third-order valence-corrected chi connectivity index (χ3v) is 4.56. The van der Waals surface area contributed by atoms with Crippen molar-refractivity contribution in [2.45, 2.75) is 13.0 Å². The van der Waals surface area contributed by atoms with Gasteiger partial charge in [-0.3, -0.25) is 0 Å². The fourth-order valence-electron chi connectivity index (χ4n) is 2.37. The van der Waals surface area contributed by atoms with Crippen LogP contribution >= 0.6 is 50.7 Å². The molecule has 21 heavy (non-hydrogen) atoms. The number of nitrogens with one attached hydrogen (secondary N) is 1. The molecule has 1 aliphatic heterocycles. The van der Waals surface area contributed by atoms with Crippen molar-refractivity contribution in [2.24, 2.45) is 0 Å². The summed E-state index contributed by atoms with van der Waals surface area (Å²) in [7, 11) is 0. The lowest BCUT2D eigenvalue weighted by atomic mass is 10.1. The van der Waals surface area contributed by atoms with Crippen molar-refractivity contribution in [2.75, 3.05) is 11.9 Å². The van der Waals surface area contributed by atoms with Crippen LogP contribution in [-0.4, -0.2) is 6.61 Å². The molecule has 0 bridgehead atoms. The van der Waals surface area contributed by atoms with E-state index in [1.165, 1.54) is 0 Å². The Balaban J connectivity index is 1.86. The second kappa shape index (κ2) is 6.25. The average Bonchev–Trinajstić information content (AvgIpc) is 2.85. The normalized spacial score (nSPS) is 13.0. The molecule has 0 amide bonds. The SMILES string of the molecule is Clc1cc2c(c(CNc3c(Cl)cc(Br)cc3Cl)c1)OCC2. The highest BCUT2D eigenvalue weighted by atomic mass is 79.9. The molecular weight excluding hydrogens is 396 g/mol. The first-order chi connectivity index (χ1) is 10.0. The van der Waals surface area contributed by atoms with Gasteiger partial charge in [-0.25, -0.2) is 0 Å². The van der Waals surface area contributed by atoms with Crippen LogP contribution in [0.5, 0.6) is 5.75 Å². The molecule has 6 heteroatoms. The van der Waals surface area contributed by atoms with Gasteiger partial charge in [0.05, 0.1) is 22.3 Å². The molecule has 3 rings (SSSR count). The fourth-order valence-corrected chi connectivity index (χ4v) is 3.98. The summed E-state index contributed by atoms with van der Waals surface area (Å²) < 4.78 is 6.52. The van der Waals surface area contributed by atoms with Crippen LogP contribution in [0.1, 0.15) is 11.1 Å². The zero-order valence-corrected chi connectivity index (χ0v) is 14.7. The maximum absolute atomic E-state index is 6.22. The van der Waals surface area contributed by atoms with E-state index in [1.54, 1.807) is 12.1 Å². The Morgan fingerprint density at radius 1 is 1.10 bits per heavy atom. The van der Waals surface area contributed by atoms with Gasteiger partial charge < -0.3 is 10.1 Å².